The average molecular weight is 249 g/mol. The highest BCUT2D eigenvalue weighted by atomic mass is 16.6. The van der Waals surface area contributed by atoms with E-state index in [1.165, 1.54) is 6.07 Å². The zero-order valence-corrected chi connectivity index (χ0v) is 10.1. The molecule has 1 heterocycles. The number of aryl methyl sites for hydroxylation is 1. The Labute approximate surface area is 105 Å². The van der Waals surface area contributed by atoms with Crippen molar-refractivity contribution in [1.82, 2.24) is 5.32 Å². The maximum Gasteiger partial charge on any atom is 0.292 e. The summed E-state index contributed by atoms with van der Waals surface area (Å²) in [6.07, 6.45) is 1.72. The molecular formula is C12H15N3O3. The molecule has 0 aliphatic carbocycles. The van der Waals surface area contributed by atoms with Gasteiger partial charge in [0.15, 0.2) is 0 Å². The number of nitro benzene ring substituents is 1. The molecule has 0 spiro atoms. The summed E-state index contributed by atoms with van der Waals surface area (Å²) in [4.78, 5) is 22.3. The van der Waals surface area contributed by atoms with Crippen molar-refractivity contribution in [1.29, 1.82) is 0 Å². The summed E-state index contributed by atoms with van der Waals surface area (Å²) < 4.78 is 0. The average Bonchev–Trinajstić information content (AvgIpc) is 2.81. The Hall–Kier alpha value is -1.95. The third kappa shape index (κ3) is 2.65. The quantitative estimate of drug-likeness (QED) is 0.629. The van der Waals surface area contributed by atoms with Crippen molar-refractivity contribution in [3.63, 3.8) is 0 Å². The zero-order chi connectivity index (χ0) is 13.1. The molecule has 1 aliphatic heterocycles. The first-order valence-electron chi connectivity index (χ1n) is 5.87. The lowest BCUT2D eigenvalue weighted by Crippen LogP contribution is -2.35. The molecule has 0 bridgehead atoms. The molecule has 1 atom stereocenters. The molecule has 1 amide bonds. The Bertz CT molecular complexity index is 481. The molecule has 0 saturated carbocycles. The van der Waals surface area contributed by atoms with Gasteiger partial charge in [0, 0.05) is 6.07 Å². The van der Waals surface area contributed by atoms with Crippen LogP contribution in [0.25, 0.3) is 0 Å². The number of nitrogens with one attached hydrogen (secondary N) is 2. The third-order valence-electron chi connectivity index (χ3n) is 2.98. The van der Waals surface area contributed by atoms with Gasteiger partial charge in [-0.3, -0.25) is 14.9 Å². The number of nitro groups is 1. The van der Waals surface area contributed by atoms with Gasteiger partial charge in [-0.1, -0.05) is 6.07 Å². The van der Waals surface area contributed by atoms with Crippen LogP contribution in [0.4, 0.5) is 11.4 Å². The smallest absolute Gasteiger partial charge is 0.292 e. The summed E-state index contributed by atoms with van der Waals surface area (Å²) in [5, 5.41) is 16.6. The van der Waals surface area contributed by atoms with E-state index < -0.39 is 4.92 Å². The van der Waals surface area contributed by atoms with Gasteiger partial charge in [0.2, 0.25) is 5.91 Å². The summed E-state index contributed by atoms with van der Waals surface area (Å²) in [6.45, 7) is 2.64. The van der Waals surface area contributed by atoms with Gasteiger partial charge in [-0.2, -0.15) is 0 Å². The second kappa shape index (κ2) is 5.14. The number of amides is 1. The largest absolute Gasteiger partial charge is 0.319 e. The van der Waals surface area contributed by atoms with Gasteiger partial charge in [-0.15, -0.1) is 0 Å². The fraction of sp³-hybridized carbons (Fsp3) is 0.417. The van der Waals surface area contributed by atoms with Crippen LogP contribution in [0.2, 0.25) is 0 Å². The monoisotopic (exact) mass is 249 g/mol. The molecule has 6 heteroatoms. The molecule has 1 fully saturated rings. The highest BCUT2D eigenvalue weighted by molar-refractivity contribution is 5.97. The first-order chi connectivity index (χ1) is 8.58. The van der Waals surface area contributed by atoms with Crippen LogP contribution in [0.15, 0.2) is 18.2 Å². The van der Waals surface area contributed by atoms with Crippen LogP contribution in [-0.4, -0.2) is 23.4 Å². The van der Waals surface area contributed by atoms with Crippen LogP contribution in [-0.2, 0) is 4.79 Å². The fourth-order valence-corrected chi connectivity index (χ4v) is 2.04. The molecule has 1 aromatic rings. The van der Waals surface area contributed by atoms with Gasteiger partial charge >= 0.3 is 0 Å². The van der Waals surface area contributed by atoms with Gasteiger partial charge < -0.3 is 10.6 Å². The summed E-state index contributed by atoms with van der Waals surface area (Å²) >= 11 is 0. The normalized spacial score (nSPS) is 18.6. The van der Waals surface area contributed by atoms with Gasteiger partial charge in [-0.25, -0.2) is 0 Å². The molecule has 2 rings (SSSR count). The van der Waals surface area contributed by atoms with Gasteiger partial charge in [0.25, 0.3) is 5.69 Å². The molecule has 2 N–H and O–H groups in total. The first kappa shape index (κ1) is 12.5. The van der Waals surface area contributed by atoms with Gasteiger partial charge in [0.05, 0.1) is 11.0 Å². The molecule has 18 heavy (non-hydrogen) atoms. The number of hydrogen-bond donors (Lipinski definition) is 2. The predicted octanol–water partition coefficient (Wildman–Crippen LogP) is 1.59. The number of carbonyl (C=O) groups excluding carboxylic acids is 1. The predicted molar refractivity (Wildman–Crippen MR) is 67.5 cm³/mol. The SMILES string of the molecule is Cc1ccc([N+](=O)[O-])c(NC(=O)C2CCCN2)c1. The molecule has 96 valence electrons. The van der Waals surface area contributed by atoms with Crippen molar-refractivity contribution in [3.05, 3.63) is 33.9 Å². The fourth-order valence-electron chi connectivity index (χ4n) is 2.04. The van der Waals surface area contributed by atoms with Crippen molar-refractivity contribution in [3.8, 4) is 0 Å². The number of rotatable bonds is 3. The van der Waals surface area contributed by atoms with E-state index in [1.54, 1.807) is 12.1 Å². The summed E-state index contributed by atoms with van der Waals surface area (Å²) in [5.74, 6) is -0.207. The lowest BCUT2D eigenvalue weighted by molar-refractivity contribution is -0.383. The maximum atomic E-state index is 11.9. The van der Waals surface area contributed by atoms with E-state index in [0.717, 1.165) is 24.9 Å². The highest BCUT2D eigenvalue weighted by Gasteiger charge is 2.24. The van der Waals surface area contributed by atoms with Crippen LogP contribution in [0.3, 0.4) is 0 Å². The Kier molecular flexibility index (Phi) is 3.57. The van der Waals surface area contributed by atoms with Gasteiger partial charge in [0.1, 0.15) is 5.69 Å². The van der Waals surface area contributed by atoms with Crippen molar-refractivity contribution in [2.24, 2.45) is 0 Å². The summed E-state index contributed by atoms with van der Waals surface area (Å²) in [6, 6.07) is 4.43. The summed E-state index contributed by atoms with van der Waals surface area (Å²) in [7, 11) is 0. The van der Waals surface area contributed by atoms with Crippen molar-refractivity contribution in [2.75, 3.05) is 11.9 Å². The Morgan fingerprint density at radius 3 is 2.94 bits per heavy atom. The standard InChI is InChI=1S/C12H15N3O3/c1-8-4-5-11(15(17)18)10(7-8)14-12(16)9-3-2-6-13-9/h4-5,7,9,13H,2-3,6H2,1H3,(H,14,16). The summed E-state index contributed by atoms with van der Waals surface area (Å²) in [5.41, 5.74) is 1.06. The van der Waals surface area contributed by atoms with Crippen LogP contribution in [0.1, 0.15) is 18.4 Å². The van der Waals surface area contributed by atoms with Gasteiger partial charge in [-0.05, 0) is 37.9 Å². The molecule has 0 radical (unpaired) electrons. The number of benzene rings is 1. The van der Waals surface area contributed by atoms with Crippen LogP contribution in [0, 0.1) is 17.0 Å². The molecule has 6 nitrogen and oxygen atoms in total. The topological polar surface area (TPSA) is 84.3 Å². The van der Waals surface area contributed by atoms with Crippen LogP contribution < -0.4 is 10.6 Å². The van der Waals surface area contributed by atoms with Crippen molar-refractivity contribution < 1.29 is 9.72 Å². The minimum atomic E-state index is -0.489. The van der Waals surface area contributed by atoms with Crippen LogP contribution >= 0.6 is 0 Å². The second-order valence-corrected chi connectivity index (χ2v) is 4.42. The zero-order valence-electron chi connectivity index (χ0n) is 10.1. The van der Waals surface area contributed by atoms with E-state index in [0.29, 0.717) is 0 Å². The lowest BCUT2D eigenvalue weighted by atomic mass is 10.1. The Morgan fingerprint density at radius 1 is 1.56 bits per heavy atom. The highest BCUT2D eigenvalue weighted by Crippen LogP contribution is 2.25. The molecule has 1 unspecified atom stereocenters. The van der Waals surface area contributed by atoms with E-state index in [9.17, 15) is 14.9 Å². The number of nitrogens with zero attached hydrogens (tertiary/aromatic N) is 1. The molecule has 1 aliphatic rings. The van der Waals surface area contributed by atoms with E-state index in [-0.39, 0.29) is 23.3 Å². The number of hydrogen-bond acceptors (Lipinski definition) is 4. The Morgan fingerprint density at radius 2 is 2.33 bits per heavy atom. The van der Waals surface area contributed by atoms with E-state index in [2.05, 4.69) is 10.6 Å². The molecule has 0 aromatic heterocycles. The third-order valence-corrected chi connectivity index (χ3v) is 2.98. The van der Waals surface area contributed by atoms with E-state index in [4.69, 9.17) is 0 Å². The molecular weight excluding hydrogens is 234 g/mol. The van der Waals surface area contributed by atoms with Crippen molar-refractivity contribution >= 4 is 17.3 Å². The van der Waals surface area contributed by atoms with Crippen molar-refractivity contribution in [2.45, 2.75) is 25.8 Å². The Balaban J connectivity index is 2.19. The van der Waals surface area contributed by atoms with E-state index in [1.807, 2.05) is 6.92 Å². The molecule has 1 saturated heterocycles. The van der Waals surface area contributed by atoms with Crippen LogP contribution in [0.5, 0.6) is 0 Å². The lowest BCUT2D eigenvalue weighted by Gasteiger charge is -2.11. The molecule has 1 aromatic carbocycles. The second-order valence-electron chi connectivity index (χ2n) is 4.42. The number of anilines is 1. The van der Waals surface area contributed by atoms with E-state index >= 15 is 0 Å². The minimum Gasteiger partial charge on any atom is -0.319 e. The first-order valence-corrected chi connectivity index (χ1v) is 5.87. The minimum absolute atomic E-state index is 0.0769. The number of carbonyl (C=O) groups is 1. The maximum absolute atomic E-state index is 11.9.